The van der Waals surface area contributed by atoms with Crippen LogP contribution in [0.25, 0.3) is 0 Å². The van der Waals surface area contributed by atoms with E-state index in [0.717, 1.165) is 51.2 Å². The third kappa shape index (κ3) is 6.54. The fraction of sp³-hybridized carbons (Fsp3) is 0.500. The summed E-state index contributed by atoms with van der Waals surface area (Å²) in [6.45, 7) is 3.38. The van der Waals surface area contributed by atoms with E-state index in [-0.39, 0.29) is 11.7 Å². The summed E-state index contributed by atoms with van der Waals surface area (Å²) in [6.07, 6.45) is 7.17. The zero-order chi connectivity index (χ0) is 21.6. The molecule has 4 rings (SSSR count). The van der Waals surface area contributed by atoms with Gasteiger partial charge in [-0.1, -0.05) is 36.4 Å². The van der Waals surface area contributed by atoms with Crippen molar-refractivity contribution in [3.8, 4) is 5.75 Å². The van der Waals surface area contributed by atoms with Crippen molar-refractivity contribution in [1.82, 2.24) is 10.2 Å². The molecular formula is C26H33FN2O2. The fourth-order valence-corrected chi connectivity index (χ4v) is 4.38. The van der Waals surface area contributed by atoms with Crippen LogP contribution in [0.2, 0.25) is 0 Å². The molecule has 1 saturated carbocycles. The minimum absolute atomic E-state index is 0.161. The number of piperidine rings is 1. The summed E-state index contributed by atoms with van der Waals surface area (Å²) in [4.78, 5) is 14.2. The van der Waals surface area contributed by atoms with Crippen molar-refractivity contribution in [2.75, 3.05) is 19.6 Å². The number of aromatic hydroxyl groups is 1. The van der Waals surface area contributed by atoms with Crippen molar-refractivity contribution < 1.29 is 14.3 Å². The number of benzene rings is 2. The highest BCUT2D eigenvalue weighted by atomic mass is 19.1. The van der Waals surface area contributed by atoms with E-state index in [2.05, 4.69) is 34.5 Å². The predicted molar refractivity (Wildman–Crippen MR) is 120 cm³/mol. The number of carbonyl (C=O) groups excluding carboxylic acids is 1. The zero-order valence-corrected chi connectivity index (χ0v) is 18.2. The maximum atomic E-state index is 13.5. The van der Waals surface area contributed by atoms with Gasteiger partial charge in [0, 0.05) is 25.1 Å². The summed E-state index contributed by atoms with van der Waals surface area (Å²) in [7, 11) is 0. The van der Waals surface area contributed by atoms with Gasteiger partial charge in [-0.05, 0) is 80.6 Å². The first-order valence-electron chi connectivity index (χ1n) is 11.6. The van der Waals surface area contributed by atoms with E-state index < -0.39 is 5.82 Å². The highest BCUT2D eigenvalue weighted by Crippen LogP contribution is 2.28. The van der Waals surface area contributed by atoms with Gasteiger partial charge in [-0.15, -0.1) is 0 Å². The lowest BCUT2D eigenvalue weighted by molar-refractivity contribution is -0.121. The molecule has 0 bridgehead atoms. The summed E-state index contributed by atoms with van der Waals surface area (Å²) in [5, 5.41) is 12.9. The molecule has 1 amide bonds. The zero-order valence-electron chi connectivity index (χ0n) is 18.2. The number of nitrogens with zero attached hydrogens (tertiary/aromatic N) is 1. The molecule has 0 unspecified atom stereocenters. The van der Waals surface area contributed by atoms with Crippen molar-refractivity contribution in [3.63, 3.8) is 0 Å². The number of aryl methyl sites for hydroxylation is 1. The molecule has 0 atom stereocenters. The second-order valence-corrected chi connectivity index (χ2v) is 9.24. The van der Waals surface area contributed by atoms with Crippen LogP contribution in [0, 0.1) is 17.7 Å². The van der Waals surface area contributed by atoms with Crippen LogP contribution in [0.3, 0.4) is 0 Å². The lowest BCUT2D eigenvalue weighted by atomic mass is 9.89. The van der Waals surface area contributed by atoms with Crippen molar-refractivity contribution in [2.45, 2.75) is 51.5 Å². The normalized spacial score (nSPS) is 17.6. The van der Waals surface area contributed by atoms with Gasteiger partial charge in [-0.25, -0.2) is 4.39 Å². The van der Waals surface area contributed by atoms with E-state index in [1.165, 1.54) is 30.0 Å². The quantitative estimate of drug-likeness (QED) is 0.626. The molecular weight excluding hydrogens is 391 g/mol. The Balaban J connectivity index is 1.18. The highest BCUT2D eigenvalue weighted by molar-refractivity contribution is 5.76. The van der Waals surface area contributed by atoms with E-state index >= 15 is 0 Å². The molecule has 5 heteroatoms. The SMILES string of the molecule is O=C(CCc1ccc(CC2CCN(Cc3cccc(F)c3O)CC2)cc1)NCC1CC1. The summed E-state index contributed by atoms with van der Waals surface area (Å²) < 4.78 is 13.5. The van der Waals surface area contributed by atoms with E-state index in [0.29, 0.717) is 24.4 Å². The molecule has 1 aliphatic heterocycles. The average Bonchev–Trinajstić information content (AvgIpc) is 3.61. The van der Waals surface area contributed by atoms with Gasteiger partial charge in [-0.2, -0.15) is 0 Å². The van der Waals surface area contributed by atoms with E-state index in [1.54, 1.807) is 12.1 Å². The molecule has 2 aromatic carbocycles. The molecule has 2 aliphatic rings. The molecule has 2 fully saturated rings. The standard InChI is InChI=1S/C26H33FN2O2/c27-24-3-1-2-23(26(24)31)18-29-14-12-21(13-15-29)16-20-6-4-19(5-7-20)10-11-25(30)28-17-22-8-9-22/h1-7,21-22,31H,8-18H2,(H,28,30). The summed E-state index contributed by atoms with van der Waals surface area (Å²) >= 11 is 0. The number of nitrogens with one attached hydrogen (secondary N) is 1. The number of phenolic OH excluding ortho intramolecular Hbond substituents is 1. The molecule has 31 heavy (non-hydrogen) atoms. The second-order valence-electron chi connectivity index (χ2n) is 9.24. The van der Waals surface area contributed by atoms with Crippen LogP contribution in [-0.4, -0.2) is 35.5 Å². The number of para-hydroxylation sites is 1. The Labute approximate surface area is 184 Å². The Morgan fingerprint density at radius 2 is 1.71 bits per heavy atom. The Hall–Kier alpha value is -2.40. The monoisotopic (exact) mass is 424 g/mol. The van der Waals surface area contributed by atoms with Crippen LogP contribution in [0.5, 0.6) is 5.75 Å². The van der Waals surface area contributed by atoms with Gasteiger partial charge in [0.25, 0.3) is 0 Å². The van der Waals surface area contributed by atoms with Crippen LogP contribution in [0.15, 0.2) is 42.5 Å². The first-order valence-corrected chi connectivity index (χ1v) is 11.6. The predicted octanol–water partition coefficient (Wildman–Crippen LogP) is 4.44. The third-order valence-corrected chi connectivity index (χ3v) is 6.64. The minimum atomic E-state index is -0.547. The van der Waals surface area contributed by atoms with Gasteiger partial charge in [0.1, 0.15) is 0 Å². The van der Waals surface area contributed by atoms with Gasteiger partial charge in [0.05, 0.1) is 0 Å². The first-order chi connectivity index (χ1) is 15.1. The van der Waals surface area contributed by atoms with E-state index in [1.807, 2.05) is 0 Å². The highest BCUT2D eigenvalue weighted by Gasteiger charge is 2.22. The smallest absolute Gasteiger partial charge is 0.220 e. The lowest BCUT2D eigenvalue weighted by Gasteiger charge is -2.32. The molecule has 0 aromatic heterocycles. The first kappa shape index (κ1) is 21.8. The van der Waals surface area contributed by atoms with Crippen LogP contribution >= 0.6 is 0 Å². The lowest BCUT2D eigenvalue weighted by Crippen LogP contribution is -2.33. The summed E-state index contributed by atoms with van der Waals surface area (Å²) in [6, 6.07) is 13.5. The topological polar surface area (TPSA) is 52.6 Å². The van der Waals surface area contributed by atoms with Gasteiger partial charge < -0.3 is 10.4 Å². The Morgan fingerprint density at radius 1 is 1.00 bits per heavy atom. The molecule has 1 heterocycles. The largest absolute Gasteiger partial charge is 0.505 e. The van der Waals surface area contributed by atoms with Gasteiger partial charge in [0.15, 0.2) is 11.6 Å². The molecule has 4 nitrogen and oxygen atoms in total. The summed E-state index contributed by atoms with van der Waals surface area (Å²) in [5.74, 6) is 0.772. The molecule has 0 spiro atoms. The van der Waals surface area contributed by atoms with Crippen molar-refractivity contribution in [3.05, 3.63) is 65.0 Å². The Morgan fingerprint density at radius 3 is 2.42 bits per heavy atom. The maximum absolute atomic E-state index is 13.5. The van der Waals surface area contributed by atoms with Crippen LogP contribution in [0.1, 0.15) is 48.8 Å². The van der Waals surface area contributed by atoms with Gasteiger partial charge >= 0.3 is 0 Å². The Bertz CT molecular complexity index is 871. The Kier molecular flexibility index (Phi) is 7.23. The molecule has 1 saturated heterocycles. The number of hydrogen-bond acceptors (Lipinski definition) is 3. The van der Waals surface area contributed by atoms with E-state index in [4.69, 9.17) is 0 Å². The number of carbonyl (C=O) groups is 1. The molecule has 166 valence electrons. The third-order valence-electron chi connectivity index (χ3n) is 6.64. The van der Waals surface area contributed by atoms with Crippen LogP contribution in [-0.2, 0) is 24.2 Å². The number of likely N-dealkylation sites (tertiary alicyclic amines) is 1. The number of phenols is 1. The van der Waals surface area contributed by atoms with Crippen LogP contribution in [0.4, 0.5) is 4.39 Å². The van der Waals surface area contributed by atoms with Gasteiger partial charge in [-0.3, -0.25) is 9.69 Å². The van der Waals surface area contributed by atoms with Crippen molar-refractivity contribution >= 4 is 5.91 Å². The number of amides is 1. The molecule has 2 N–H and O–H groups in total. The fourth-order valence-electron chi connectivity index (χ4n) is 4.38. The van der Waals surface area contributed by atoms with Crippen molar-refractivity contribution in [2.24, 2.45) is 11.8 Å². The number of hydrogen-bond donors (Lipinski definition) is 2. The number of rotatable bonds is 9. The number of halogens is 1. The van der Waals surface area contributed by atoms with Crippen LogP contribution < -0.4 is 5.32 Å². The maximum Gasteiger partial charge on any atom is 0.220 e. The second kappa shape index (κ2) is 10.3. The minimum Gasteiger partial charge on any atom is -0.505 e. The summed E-state index contributed by atoms with van der Waals surface area (Å²) in [5.41, 5.74) is 3.23. The van der Waals surface area contributed by atoms with Gasteiger partial charge in [0.2, 0.25) is 5.91 Å². The molecule has 0 radical (unpaired) electrons. The molecule has 2 aromatic rings. The molecule has 1 aliphatic carbocycles. The average molecular weight is 425 g/mol. The van der Waals surface area contributed by atoms with E-state index in [9.17, 15) is 14.3 Å². The van der Waals surface area contributed by atoms with Crippen molar-refractivity contribution in [1.29, 1.82) is 0 Å².